The summed E-state index contributed by atoms with van der Waals surface area (Å²) in [7, 11) is 0. The fourth-order valence-corrected chi connectivity index (χ4v) is 2.28. The number of halogens is 5. The first-order chi connectivity index (χ1) is 12.6. The molecule has 0 aliphatic carbocycles. The average molecular weight is 406 g/mol. The molecule has 11 heteroatoms. The zero-order chi connectivity index (χ0) is 20.2. The molecule has 146 valence electrons. The van der Waals surface area contributed by atoms with Crippen LogP contribution in [0.1, 0.15) is 24.6 Å². The molecule has 0 unspecified atom stereocenters. The molecule has 1 aromatic carbocycles. The molecule has 1 aromatic heterocycles. The summed E-state index contributed by atoms with van der Waals surface area (Å²) in [6, 6.07) is 4.61. The van der Waals surface area contributed by atoms with Gasteiger partial charge in [-0.2, -0.15) is 4.98 Å². The first-order valence-electron chi connectivity index (χ1n) is 7.49. The number of hydrazine groups is 1. The lowest BCUT2D eigenvalue weighted by Gasteiger charge is -2.19. The summed E-state index contributed by atoms with van der Waals surface area (Å²) in [6.07, 6.45) is -0.421. The minimum atomic E-state index is -3.15. The predicted molar refractivity (Wildman–Crippen MR) is 92.4 cm³/mol. The molecule has 0 bridgehead atoms. The minimum Gasteiger partial charge on any atom is -0.457 e. The zero-order valence-electron chi connectivity index (χ0n) is 14.0. The first kappa shape index (κ1) is 20.7. The highest BCUT2D eigenvalue weighted by molar-refractivity contribution is 6.31. The van der Waals surface area contributed by atoms with Crippen LogP contribution in [-0.2, 0) is 5.92 Å². The van der Waals surface area contributed by atoms with Crippen LogP contribution in [0.3, 0.4) is 0 Å². The number of alkyl halides is 4. The maximum Gasteiger partial charge on any atom is 0.317 e. The predicted octanol–water partition coefficient (Wildman–Crippen LogP) is 3.74. The van der Waals surface area contributed by atoms with Crippen molar-refractivity contribution >= 4 is 17.3 Å². The van der Waals surface area contributed by atoms with E-state index in [9.17, 15) is 17.6 Å². The van der Waals surface area contributed by atoms with Gasteiger partial charge < -0.3 is 10.5 Å². The highest BCUT2D eigenvalue weighted by Gasteiger charge is 2.27. The van der Waals surface area contributed by atoms with Crippen molar-refractivity contribution in [3.05, 3.63) is 58.6 Å². The van der Waals surface area contributed by atoms with Crippen molar-refractivity contribution in [3.8, 4) is 6.01 Å². The highest BCUT2D eigenvalue weighted by atomic mass is 35.5. The van der Waals surface area contributed by atoms with Crippen LogP contribution in [0.25, 0.3) is 0 Å². The molecule has 2 aromatic rings. The summed E-state index contributed by atoms with van der Waals surface area (Å²) in [5.41, 5.74) is 5.14. The molecule has 2 rings (SSSR count). The Balaban J connectivity index is 2.08. The molecule has 0 aliphatic rings. The lowest BCUT2D eigenvalue weighted by Crippen LogP contribution is -2.27. The van der Waals surface area contributed by atoms with Crippen molar-refractivity contribution in [2.45, 2.75) is 19.3 Å². The number of benzene rings is 1. The Morgan fingerprint density at radius 3 is 2.70 bits per heavy atom. The van der Waals surface area contributed by atoms with Gasteiger partial charge in [0, 0.05) is 29.9 Å². The molecule has 27 heavy (non-hydrogen) atoms. The third-order valence-corrected chi connectivity index (χ3v) is 3.60. The van der Waals surface area contributed by atoms with Gasteiger partial charge >= 0.3 is 6.01 Å². The normalized spacial score (nSPS) is 12.4. The Labute approximate surface area is 157 Å². The summed E-state index contributed by atoms with van der Waals surface area (Å²) in [4.78, 5) is 7.21. The first-order valence-corrected chi connectivity index (χ1v) is 7.87. The fraction of sp³-hybridized carbons (Fsp3) is 0.250. The average Bonchev–Trinajstić information content (AvgIpc) is 2.59. The third kappa shape index (κ3) is 5.69. The molecule has 0 spiro atoms. The summed E-state index contributed by atoms with van der Waals surface area (Å²) in [5, 5.41) is 0.900. The smallest absolute Gasteiger partial charge is 0.317 e. The van der Waals surface area contributed by atoms with Crippen molar-refractivity contribution in [2.24, 2.45) is 11.6 Å². The Hall–Kier alpha value is -2.59. The zero-order valence-corrected chi connectivity index (χ0v) is 14.8. The van der Waals surface area contributed by atoms with Crippen molar-refractivity contribution in [3.63, 3.8) is 0 Å². The van der Waals surface area contributed by atoms with Gasteiger partial charge in [-0.1, -0.05) is 11.6 Å². The molecule has 0 saturated heterocycles. The van der Waals surface area contributed by atoms with E-state index in [2.05, 4.69) is 9.97 Å². The van der Waals surface area contributed by atoms with E-state index in [4.69, 9.17) is 27.9 Å². The van der Waals surface area contributed by atoms with Gasteiger partial charge in [-0.3, -0.25) is 5.01 Å². The van der Waals surface area contributed by atoms with E-state index in [1.54, 1.807) is 0 Å². The number of hydrogen-bond acceptors (Lipinski definition) is 6. The van der Waals surface area contributed by atoms with Crippen LogP contribution in [0, 0.1) is 0 Å². The largest absolute Gasteiger partial charge is 0.457 e. The molecule has 0 radical (unpaired) electrons. The molecule has 0 fully saturated rings. The number of ether oxygens (including phenoxy) is 1. The number of hydrogen-bond donors (Lipinski definition) is 2. The number of aromatic nitrogens is 2. The number of nitrogens with two attached hydrogens (primary N) is 2. The highest BCUT2D eigenvalue weighted by Crippen LogP contribution is 2.35. The van der Waals surface area contributed by atoms with Crippen molar-refractivity contribution in [1.82, 2.24) is 9.97 Å². The Bertz CT molecular complexity index is 829. The van der Waals surface area contributed by atoms with Crippen LogP contribution in [-0.4, -0.2) is 16.6 Å². The van der Waals surface area contributed by atoms with E-state index in [1.807, 2.05) is 0 Å². The van der Waals surface area contributed by atoms with E-state index in [0.717, 1.165) is 23.3 Å². The van der Waals surface area contributed by atoms with Gasteiger partial charge in [-0.15, -0.1) is 0 Å². The molecular formula is C16H16ClF4N5O. The van der Waals surface area contributed by atoms with Crippen molar-refractivity contribution < 1.29 is 22.3 Å². The number of anilines is 1. The maximum atomic E-state index is 13.5. The lowest BCUT2D eigenvalue weighted by molar-refractivity contribution is 0.0176. The van der Waals surface area contributed by atoms with Gasteiger partial charge in [0.25, 0.3) is 12.3 Å². The molecular weight excluding hydrogens is 390 g/mol. The minimum absolute atomic E-state index is 0.0725. The van der Waals surface area contributed by atoms with Gasteiger partial charge in [-0.25, -0.2) is 28.4 Å². The molecule has 0 amide bonds. The Morgan fingerprint density at radius 1 is 1.37 bits per heavy atom. The van der Waals surface area contributed by atoms with Crippen LogP contribution in [0.15, 0.2) is 42.4 Å². The quantitative estimate of drug-likeness (QED) is 0.414. The van der Waals surface area contributed by atoms with E-state index in [0.29, 0.717) is 6.92 Å². The molecule has 4 N–H and O–H groups in total. The molecule has 0 atom stereocenters. The van der Waals surface area contributed by atoms with Gasteiger partial charge in [0.2, 0.25) is 0 Å². The maximum absolute atomic E-state index is 13.5. The van der Waals surface area contributed by atoms with Crippen LogP contribution >= 0.6 is 11.6 Å². The van der Waals surface area contributed by atoms with Crippen LogP contribution in [0.5, 0.6) is 6.01 Å². The van der Waals surface area contributed by atoms with Crippen LogP contribution < -0.4 is 21.3 Å². The lowest BCUT2D eigenvalue weighted by atomic mass is 10.1. The second-order valence-electron chi connectivity index (χ2n) is 5.52. The molecule has 1 heterocycles. The SMILES string of the molecule is CC(F)(F)c1cc(N(N)/C=C(\N)COc2nccc(C(F)F)n2)ccc1Cl. The molecule has 6 nitrogen and oxygen atoms in total. The van der Waals surface area contributed by atoms with E-state index >= 15 is 0 Å². The summed E-state index contributed by atoms with van der Waals surface area (Å²) in [5.74, 6) is 2.64. The monoisotopic (exact) mass is 405 g/mol. The van der Waals surface area contributed by atoms with E-state index < -0.39 is 23.6 Å². The van der Waals surface area contributed by atoms with E-state index in [1.165, 1.54) is 18.3 Å². The second kappa shape index (κ2) is 8.40. The number of nitrogens with zero attached hydrogens (tertiary/aromatic N) is 3. The Morgan fingerprint density at radius 2 is 2.07 bits per heavy atom. The third-order valence-electron chi connectivity index (χ3n) is 3.27. The molecule has 0 aliphatic heterocycles. The molecule has 0 saturated carbocycles. The summed E-state index contributed by atoms with van der Waals surface area (Å²) in [6.45, 7) is 0.454. The fourth-order valence-electron chi connectivity index (χ4n) is 1.99. The summed E-state index contributed by atoms with van der Waals surface area (Å²) >= 11 is 5.78. The van der Waals surface area contributed by atoms with Crippen LogP contribution in [0.4, 0.5) is 23.2 Å². The van der Waals surface area contributed by atoms with Crippen LogP contribution in [0.2, 0.25) is 5.02 Å². The van der Waals surface area contributed by atoms with E-state index in [-0.39, 0.29) is 29.0 Å². The van der Waals surface area contributed by atoms with Gasteiger partial charge in [0.1, 0.15) is 12.3 Å². The van der Waals surface area contributed by atoms with Crippen molar-refractivity contribution in [2.75, 3.05) is 11.6 Å². The second-order valence-corrected chi connectivity index (χ2v) is 5.92. The standard InChI is InChI=1S/C16H16ClF4N5O/c1-16(20,21)11-6-10(2-3-12(11)17)26(23)7-9(22)8-27-15-24-5-4-13(25-15)14(18)19/h2-7,14H,8,22-23H2,1H3/b9-7-. The van der Waals surface area contributed by atoms with Gasteiger partial charge in [-0.05, 0) is 24.3 Å². The Kier molecular flexibility index (Phi) is 6.45. The number of rotatable bonds is 7. The van der Waals surface area contributed by atoms with Gasteiger partial charge in [0.05, 0.1) is 11.4 Å². The topological polar surface area (TPSA) is 90.3 Å². The van der Waals surface area contributed by atoms with Gasteiger partial charge in [0.15, 0.2) is 0 Å². The van der Waals surface area contributed by atoms with Crippen molar-refractivity contribution in [1.29, 1.82) is 0 Å². The summed E-state index contributed by atoms with van der Waals surface area (Å²) < 4.78 is 57.4.